The topological polar surface area (TPSA) is 74.6 Å². The van der Waals surface area contributed by atoms with Crippen LogP contribution in [0.5, 0.6) is 0 Å². The van der Waals surface area contributed by atoms with Gasteiger partial charge in [0.05, 0.1) is 6.10 Å². The van der Waals surface area contributed by atoms with Crippen LogP contribution in [0, 0.1) is 44.8 Å². The summed E-state index contributed by atoms with van der Waals surface area (Å²) in [6, 6.07) is 0. The van der Waals surface area contributed by atoms with E-state index < -0.39 is 11.0 Å². The Morgan fingerprint density at radius 2 is 1.58 bits per heavy atom. The molecule has 0 amide bonds. The van der Waals surface area contributed by atoms with E-state index in [0.717, 1.165) is 44.1 Å². The van der Waals surface area contributed by atoms with Crippen LogP contribution in [-0.2, 0) is 9.59 Å². The van der Waals surface area contributed by atoms with E-state index >= 15 is 0 Å². The van der Waals surface area contributed by atoms with Crippen LogP contribution in [-0.4, -0.2) is 33.5 Å². The highest BCUT2D eigenvalue weighted by Gasteiger charge is 2.71. The van der Waals surface area contributed by atoms with Gasteiger partial charge in [0, 0.05) is 23.7 Å². The maximum atomic E-state index is 14.1. The number of carbonyl (C=O) groups is 2. The van der Waals surface area contributed by atoms with Crippen molar-refractivity contribution in [2.75, 3.05) is 0 Å². The standard InChI is InChI=1S/C29H44O4/c1-24(2)12-13-29(33)18(15-24)17-14-19(30)23-26(5)10-9-21(31)25(3,4)20(26)8-11-27(23,6)28(17,7)16-22(29)32/h14,18,20-21,23,31,33H,8-13,15-16H2,1-7H3/t18-,20-,21-,23+,26-,27+,28+,29+/m0/s1. The van der Waals surface area contributed by atoms with E-state index in [1.54, 1.807) is 0 Å². The summed E-state index contributed by atoms with van der Waals surface area (Å²) in [5.41, 5.74) is -1.38. The van der Waals surface area contributed by atoms with Crippen molar-refractivity contribution in [2.24, 2.45) is 44.8 Å². The van der Waals surface area contributed by atoms with Crippen LogP contribution >= 0.6 is 0 Å². The number of aliphatic hydroxyl groups excluding tert-OH is 1. The lowest BCUT2D eigenvalue weighted by molar-refractivity contribution is -0.206. The molecule has 4 heteroatoms. The normalized spacial score (nSPS) is 52.7. The highest BCUT2D eigenvalue weighted by Crippen LogP contribution is 2.73. The molecule has 0 aromatic heterocycles. The number of hydrogen-bond acceptors (Lipinski definition) is 4. The number of fused-ring (bicyclic) bond motifs is 7. The summed E-state index contributed by atoms with van der Waals surface area (Å²) in [6.07, 6.45) is 7.40. The van der Waals surface area contributed by atoms with Gasteiger partial charge in [0.1, 0.15) is 5.60 Å². The Morgan fingerprint density at radius 1 is 0.909 bits per heavy atom. The molecule has 0 aromatic rings. The van der Waals surface area contributed by atoms with Crippen molar-refractivity contribution < 1.29 is 19.8 Å². The molecule has 4 fully saturated rings. The van der Waals surface area contributed by atoms with E-state index in [2.05, 4.69) is 48.5 Å². The summed E-state index contributed by atoms with van der Waals surface area (Å²) in [5.74, 6) is 0.0523. The predicted molar refractivity (Wildman–Crippen MR) is 128 cm³/mol. The van der Waals surface area contributed by atoms with Crippen molar-refractivity contribution in [3.63, 3.8) is 0 Å². The lowest BCUT2D eigenvalue weighted by atomic mass is 9.34. The second-order valence-electron chi connectivity index (χ2n) is 14.6. The molecule has 0 unspecified atom stereocenters. The molecule has 4 saturated carbocycles. The van der Waals surface area contributed by atoms with E-state index in [-0.39, 0.29) is 57.1 Å². The molecular weight excluding hydrogens is 412 g/mol. The number of ketones is 2. The maximum absolute atomic E-state index is 14.1. The largest absolute Gasteiger partial charge is 0.393 e. The number of hydrogen-bond donors (Lipinski definition) is 2. The fourth-order valence-electron chi connectivity index (χ4n) is 9.89. The highest BCUT2D eigenvalue weighted by atomic mass is 16.3. The molecule has 5 aliphatic carbocycles. The Labute approximate surface area is 199 Å². The fraction of sp³-hybridized carbons (Fsp3) is 0.862. The molecule has 5 aliphatic rings. The third-order valence-electron chi connectivity index (χ3n) is 12.1. The van der Waals surface area contributed by atoms with Crippen molar-refractivity contribution in [1.29, 1.82) is 0 Å². The monoisotopic (exact) mass is 456 g/mol. The van der Waals surface area contributed by atoms with E-state index in [1.807, 2.05) is 6.08 Å². The van der Waals surface area contributed by atoms with E-state index in [4.69, 9.17) is 0 Å². The quantitative estimate of drug-likeness (QED) is 0.522. The van der Waals surface area contributed by atoms with Gasteiger partial charge in [-0.15, -0.1) is 0 Å². The molecule has 184 valence electrons. The van der Waals surface area contributed by atoms with Crippen LogP contribution in [0.25, 0.3) is 0 Å². The molecule has 5 rings (SSSR count). The molecule has 0 saturated heterocycles. The average Bonchev–Trinajstić information content (AvgIpc) is 2.69. The van der Waals surface area contributed by atoms with Crippen LogP contribution in [0.3, 0.4) is 0 Å². The van der Waals surface area contributed by atoms with E-state index in [1.165, 1.54) is 0 Å². The molecule has 0 radical (unpaired) electrons. The third-order valence-corrected chi connectivity index (χ3v) is 12.1. The van der Waals surface area contributed by atoms with Gasteiger partial charge >= 0.3 is 0 Å². The van der Waals surface area contributed by atoms with Crippen LogP contribution < -0.4 is 0 Å². The summed E-state index contributed by atoms with van der Waals surface area (Å²) >= 11 is 0. The molecule has 8 atom stereocenters. The minimum absolute atomic E-state index is 0.0105. The van der Waals surface area contributed by atoms with Gasteiger partial charge in [-0.1, -0.05) is 54.0 Å². The molecule has 33 heavy (non-hydrogen) atoms. The first-order chi connectivity index (χ1) is 15.0. The molecule has 0 heterocycles. The molecule has 0 bridgehead atoms. The zero-order chi connectivity index (χ0) is 24.4. The SMILES string of the molecule is CC1(C)CC[C@]2(O)C(=O)C[C@]3(C)C(=CC(=O)[C@@H]4[C@@]5(C)CC[C@H](O)C(C)(C)[C@@H]5CC[C@]43C)[C@@H]2C1. The van der Waals surface area contributed by atoms with Crippen molar-refractivity contribution >= 4 is 11.6 Å². The van der Waals surface area contributed by atoms with Gasteiger partial charge in [-0.05, 0) is 78.6 Å². The van der Waals surface area contributed by atoms with Crippen LogP contribution in [0.4, 0.5) is 0 Å². The number of rotatable bonds is 0. The first kappa shape index (κ1) is 23.7. The van der Waals surface area contributed by atoms with Crippen LogP contribution in [0.1, 0.15) is 99.8 Å². The van der Waals surface area contributed by atoms with Crippen molar-refractivity contribution in [3.05, 3.63) is 11.6 Å². The summed E-state index contributed by atoms with van der Waals surface area (Å²) in [5, 5.41) is 22.4. The van der Waals surface area contributed by atoms with E-state index in [9.17, 15) is 19.8 Å². The first-order valence-corrected chi connectivity index (χ1v) is 13.2. The Kier molecular flexibility index (Phi) is 4.75. The Hall–Kier alpha value is -1.00. The minimum Gasteiger partial charge on any atom is -0.393 e. The second kappa shape index (κ2) is 6.60. The molecule has 0 spiro atoms. The summed E-state index contributed by atoms with van der Waals surface area (Å²) < 4.78 is 0. The van der Waals surface area contributed by atoms with Crippen molar-refractivity contribution in [2.45, 2.75) is 112 Å². The maximum Gasteiger partial charge on any atom is 0.165 e. The van der Waals surface area contributed by atoms with E-state index in [0.29, 0.717) is 12.8 Å². The molecular formula is C29H44O4. The highest BCUT2D eigenvalue weighted by molar-refractivity contribution is 5.98. The van der Waals surface area contributed by atoms with Crippen LogP contribution in [0.2, 0.25) is 0 Å². The average molecular weight is 457 g/mol. The zero-order valence-electron chi connectivity index (χ0n) is 21.8. The van der Waals surface area contributed by atoms with Gasteiger partial charge in [0.15, 0.2) is 11.6 Å². The minimum atomic E-state index is -1.32. The van der Waals surface area contributed by atoms with Gasteiger partial charge in [0.2, 0.25) is 0 Å². The molecule has 2 N–H and O–H groups in total. The lowest BCUT2D eigenvalue weighted by Gasteiger charge is -2.69. The summed E-state index contributed by atoms with van der Waals surface area (Å²) in [4.78, 5) is 27.7. The number of Topliss-reactive ketones (excluding diaryl/α,β-unsaturated/α-hetero) is 1. The predicted octanol–water partition coefficient (Wildman–Crippen LogP) is 5.25. The Balaban J connectivity index is 1.66. The van der Waals surface area contributed by atoms with Gasteiger partial charge in [-0.25, -0.2) is 0 Å². The third kappa shape index (κ3) is 2.77. The number of allylic oxidation sites excluding steroid dienone is 1. The van der Waals surface area contributed by atoms with Gasteiger partial charge in [0.25, 0.3) is 0 Å². The second-order valence-corrected chi connectivity index (χ2v) is 14.6. The van der Waals surface area contributed by atoms with Crippen molar-refractivity contribution in [3.8, 4) is 0 Å². The summed E-state index contributed by atoms with van der Waals surface area (Å²) in [7, 11) is 0. The molecule has 0 aliphatic heterocycles. The van der Waals surface area contributed by atoms with Gasteiger partial charge < -0.3 is 10.2 Å². The first-order valence-electron chi connectivity index (χ1n) is 13.2. The Morgan fingerprint density at radius 3 is 2.24 bits per heavy atom. The summed E-state index contributed by atoms with van der Waals surface area (Å²) in [6.45, 7) is 15.6. The van der Waals surface area contributed by atoms with Crippen molar-refractivity contribution in [1.82, 2.24) is 0 Å². The Bertz CT molecular complexity index is 945. The molecule has 4 nitrogen and oxygen atoms in total. The number of aliphatic hydroxyl groups is 2. The smallest absolute Gasteiger partial charge is 0.165 e. The zero-order valence-corrected chi connectivity index (χ0v) is 21.8. The fourth-order valence-corrected chi connectivity index (χ4v) is 9.89. The van der Waals surface area contributed by atoms with Gasteiger partial charge in [-0.3, -0.25) is 9.59 Å². The van der Waals surface area contributed by atoms with Crippen LogP contribution in [0.15, 0.2) is 11.6 Å². The van der Waals surface area contributed by atoms with Gasteiger partial charge in [-0.2, -0.15) is 0 Å². The lowest BCUT2D eigenvalue weighted by Crippen LogP contribution is -2.68. The number of carbonyl (C=O) groups excluding carboxylic acids is 2. The molecule has 0 aromatic carbocycles.